The maximum Gasteiger partial charge on any atom is 0.274 e. The van der Waals surface area contributed by atoms with Crippen LogP contribution in [-0.2, 0) is 6.42 Å². The third-order valence-corrected chi connectivity index (χ3v) is 6.85. The van der Waals surface area contributed by atoms with Gasteiger partial charge in [-0.2, -0.15) is 4.98 Å². The van der Waals surface area contributed by atoms with Crippen LogP contribution in [-0.4, -0.2) is 31.3 Å². The molecule has 0 aromatic carbocycles. The van der Waals surface area contributed by atoms with Gasteiger partial charge in [0.25, 0.3) is 5.91 Å². The van der Waals surface area contributed by atoms with Crippen LogP contribution in [0.5, 0.6) is 11.8 Å². The first-order valence-corrected chi connectivity index (χ1v) is 10.8. The average Bonchev–Trinajstić information content (AvgIpc) is 3.10. The molecule has 1 N–H and O–H groups in total. The normalized spacial score (nSPS) is 18.6. The smallest absolute Gasteiger partial charge is 0.274 e. The fourth-order valence-electron chi connectivity index (χ4n) is 4.89. The minimum atomic E-state index is -0.177. The van der Waals surface area contributed by atoms with E-state index in [0.29, 0.717) is 34.4 Å². The summed E-state index contributed by atoms with van der Waals surface area (Å²) in [5, 5.41) is 3.16. The van der Waals surface area contributed by atoms with Crippen molar-refractivity contribution in [2.75, 3.05) is 0 Å². The Morgan fingerprint density at radius 1 is 1.30 bits per heavy atom. The summed E-state index contributed by atoms with van der Waals surface area (Å²) in [6.07, 6.45) is 10.6. The Balaban J connectivity index is 1.37. The number of carbonyl (C=O) groups excluding carboxylic acids is 1. The van der Waals surface area contributed by atoms with Gasteiger partial charge in [-0.05, 0) is 56.4 Å². The van der Waals surface area contributed by atoms with Gasteiger partial charge in [0, 0.05) is 30.1 Å². The van der Waals surface area contributed by atoms with Crippen molar-refractivity contribution in [3.05, 3.63) is 48.2 Å². The zero-order valence-electron chi connectivity index (χ0n) is 17.5. The summed E-state index contributed by atoms with van der Waals surface area (Å²) < 4.78 is 7.68. The molecule has 156 valence electrons. The SMILES string of the molecule is CCc1cc(Oc2ccccn2)nc2c(C(=O)NC(C)C3CC4(CCC4)C3)ncn12. The third kappa shape index (κ3) is 3.32. The molecule has 2 saturated carbocycles. The van der Waals surface area contributed by atoms with Crippen molar-refractivity contribution < 1.29 is 9.53 Å². The molecule has 1 unspecified atom stereocenters. The van der Waals surface area contributed by atoms with Crippen LogP contribution in [0, 0.1) is 11.3 Å². The van der Waals surface area contributed by atoms with E-state index >= 15 is 0 Å². The molecular formula is C23H27N5O2. The topological polar surface area (TPSA) is 81.4 Å². The van der Waals surface area contributed by atoms with Crippen molar-refractivity contribution in [1.29, 1.82) is 0 Å². The Hall–Kier alpha value is -2.96. The molecule has 3 aromatic rings. The van der Waals surface area contributed by atoms with Gasteiger partial charge in [-0.1, -0.05) is 19.4 Å². The van der Waals surface area contributed by atoms with Crippen molar-refractivity contribution in [1.82, 2.24) is 24.7 Å². The highest BCUT2D eigenvalue weighted by Gasteiger charge is 2.49. The average molecular weight is 406 g/mol. The Kier molecular flexibility index (Phi) is 4.68. The molecule has 0 aliphatic heterocycles. The minimum Gasteiger partial charge on any atom is -0.421 e. The summed E-state index contributed by atoms with van der Waals surface area (Å²) in [5.41, 5.74) is 2.41. The largest absolute Gasteiger partial charge is 0.421 e. The lowest BCUT2D eigenvalue weighted by Gasteiger charge is -2.56. The van der Waals surface area contributed by atoms with Gasteiger partial charge in [0.05, 0.1) is 0 Å². The number of aryl methyl sites for hydroxylation is 1. The van der Waals surface area contributed by atoms with Crippen LogP contribution in [0.25, 0.3) is 5.65 Å². The van der Waals surface area contributed by atoms with Gasteiger partial charge in [0.2, 0.25) is 11.8 Å². The van der Waals surface area contributed by atoms with Gasteiger partial charge in [-0.25, -0.2) is 9.97 Å². The van der Waals surface area contributed by atoms with E-state index in [-0.39, 0.29) is 11.9 Å². The quantitative estimate of drug-likeness (QED) is 0.665. The van der Waals surface area contributed by atoms with Crippen LogP contribution in [0.1, 0.15) is 62.1 Å². The third-order valence-electron chi connectivity index (χ3n) is 6.85. The van der Waals surface area contributed by atoms with Gasteiger partial charge < -0.3 is 10.1 Å². The number of fused-ring (bicyclic) bond motifs is 1. The number of carbonyl (C=O) groups is 1. The maximum atomic E-state index is 13.0. The van der Waals surface area contributed by atoms with Gasteiger partial charge >= 0.3 is 0 Å². The van der Waals surface area contributed by atoms with E-state index in [1.807, 2.05) is 29.5 Å². The molecule has 0 bridgehead atoms. The van der Waals surface area contributed by atoms with Crippen LogP contribution >= 0.6 is 0 Å². The highest BCUT2D eigenvalue weighted by Crippen LogP contribution is 2.59. The van der Waals surface area contributed by atoms with Crippen LogP contribution in [0.2, 0.25) is 0 Å². The molecule has 7 heteroatoms. The molecule has 3 heterocycles. The molecule has 3 aromatic heterocycles. The first-order valence-electron chi connectivity index (χ1n) is 10.8. The fourth-order valence-corrected chi connectivity index (χ4v) is 4.89. The first kappa shape index (κ1) is 19.0. The summed E-state index contributed by atoms with van der Waals surface area (Å²) in [7, 11) is 0. The van der Waals surface area contributed by atoms with E-state index in [2.05, 4.69) is 27.2 Å². The molecule has 7 nitrogen and oxygen atoms in total. The molecular weight excluding hydrogens is 378 g/mol. The number of aromatic nitrogens is 4. The summed E-state index contributed by atoms with van der Waals surface area (Å²) in [5.74, 6) is 1.26. The maximum absolute atomic E-state index is 13.0. The molecule has 0 radical (unpaired) electrons. The van der Waals surface area contributed by atoms with Crippen molar-refractivity contribution >= 4 is 11.6 Å². The van der Waals surface area contributed by atoms with Crippen molar-refractivity contribution in [3.63, 3.8) is 0 Å². The Labute approximate surface area is 175 Å². The number of rotatable bonds is 6. The number of hydrogen-bond donors (Lipinski definition) is 1. The lowest BCUT2D eigenvalue weighted by molar-refractivity contribution is -0.0366. The Bertz CT molecular complexity index is 1070. The van der Waals surface area contributed by atoms with E-state index in [4.69, 9.17) is 4.74 Å². The van der Waals surface area contributed by atoms with Gasteiger partial charge in [-0.15, -0.1) is 0 Å². The second kappa shape index (κ2) is 7.38. The molecule has 0 saturated heterocycles. The van der Waals surface area contributed by atoms with Gasteiger partial charge in [0.15, 0.2) is 11.3 Å². The molecule has 1 atom stereocenters. The number of pyridine rings is 1. The van der Waals surface area contributed by atoms with E-state index in [1.54, 1.807) is 18.6 Å². The summed E-state index contributed by atoms with van der Waals surface area (Å²) >= 11 is 0. The van der Waals surface area contributed by atoms with Crippen LogP contribution in [0.15, 0.2) is 36.8 Å². The minimum absolute atomic E-state index is 0.138. The number of hydrogen-bond acceptors (Lipinski definition) is 5. The highest BCUT2D eigenvalue weighted by molar-refractivity contribution is 5.98. The van der Waals surface area contributed by atoms with E-state index < -0.39 is 0 Å². The molecule has 1 spiro atoms. The monoisotopic (exact) mass is 405 g/mol. The van der Waals surface area contributed by atoms with Crippen LogP contribution < -0.4 is 10.1 Å². The van der Waals surface area contributed by atoms with Crippen LogP contribution in [0.4, 0.5) is 0 Å². The molecule has 2 aliphatic rings. The second-order valence-electron chi connectivity index (χ2n) is 8.78. The second-order valence-corrected chi connectivity index (χ2v) is 8.78. The number of imidazole rings is 1. The van der Waals surface area contributed by atoms with Crippen molar-refractivity contribution in [2.45, 2.75) is 58.4 Å². The fraction of sp³-hybridized carbons (Fsp3) is 0.478. The number of ether oxygens (including phenoxy) is 1. The Morgan fingerprint density at radius 2 is 2.13 bits per heavy atom. The van der Waals surface area contributed by atoms with Crippen molar-refractivity contribution in [3.8, 4) is 11.8 Å². The zero-order chi connectivity index (χ0) is 20.7. The number of nitrogens with zero attached hydrogens (tertiary/aromatic N) is 4. The number of nitrogens with one attached hydrogen (secondary N) is 1. The standard InChI is InChI=1S/C23H27N5O2/c1-3-17-11-19(30-18-7-4-5-10-24-18)27-21-20(25-14-28(17)21)22(29)26-15(2)16-12-23(13-16)8-6-9-23/h4-5,7,10-11,14-16H,3,6,8-9,12-13H2,1-2H3,(H,26,29). The van der Waals surface area contributed by atoms with E-state index in [9.17, 15) is 4.79 Å². The predicted molar refractivity (Wildman–Crippen MR) is 113 cm³/mol. The molecule has 1 amide bonds. The molecule has 2 aliphatic carbocycles. The first-order chi connectivity index (χ1) is 14.6. The summed E-state index contributed by atoms with van der Waals surface area (Å²) in [4.78, 5) is 26.1. The zero-order valence-corrected chi connectivity index (χ0v) is 17.5. The van der Waals surface area contributed by atoms with E-state index in [1.165, 1.54) is 32.1 Å². The molecule has 2 fully saturated rings. The lowest BCUT2D eigenvalue weighted by atomic mass is 9.50. The molecule has 5 rings (SSSR count). The summed E-state index contributed by atoms with van der Waals surface area (Å²) in [6, 6.07) is 7.46. The Morgan fingerprint density at radius 3 is 2.80 bits per heavy atom. The van der Waals surface area contributed by atoms with Gasteiger partial charge in [0.1, 0.15) is 6.33 Å². The highest BCUT2D eigenvalue weighted by atomic mass is 16.5. The van der Waals surface area contributed by atoms with Gasteiger partial charge in [-0.3, -0.25) is 9.20 Å². The lowest BCUT2D eigenvalue weighted by Crippen LogP contribution is -2.51. The van der Waals surface area contributed by atoms with Crippen LogP contribution in [0.3, 0.4) is 0 Å². The predicted octanol–water partition coefficient (Wildman–Crippen LogP) is 4.18. The summed E-state index contributed by atoms with van der Waals surface area (Å²) in [6.45, 7) is 4.15. The van der Waals surface area contributed by atoms with E-state index in [0.717, 1.165) is 12.1 Å². The van der Waals surface area contributed by atoms with Crippen molar-refractivity contribution in [2.24, 2.45) is 11.3 Å². The molecule has 30 heavy (non-hydrogen) atoms. The number of amides is 1.